The second kappa shape index (κ2) is 9.02. The van der Waals surface area contributed by atoms with Gasteiger partial charge >= 0.3 is 59.1 Å². The van der Waals surface area contributed by atoms with Gasteiger partial charge in [0.15, 0.2) is 0 Å². The first kappa shape index (κ1) is 25.0. The van der Waals surface area contributed by atoms with Gasteiger partial charge in [-0.25, -0.2) is 0 Å². The minimum absolute atomic E-state index is 0. The molecule has 0 radical (unpaired) electrons. The molecule has 0 aliphatic rings. The topological polar surface area (TPSA) is 172 Å². The first-order valence-electron chi connectivity index (χ1n) is 2.76. The van der Waals surface area contributed by atoms with Gasteiger partial charge in [-0.15, -0.1) is 0 Å². The third-order valence-corrected chi connectivity index (χ3v) is 1.27. The molecule has 0 aliphatic heterocycles. The second-order valence-electron chi connectivity index (χ2n) is 2.01. The number of benzene rings is 1. The molecule has 8 nitrogen and oxygen atoms in total. The van der Waals surface area contributed by atoms with E-state index in [9.17, 15) is 19.2 Å². The molecule has 0 heterocycles. The van der Waals surface area contributed by atoms with E-state index in [0.717, 1.165) is 0 Å². The molecule has 1 aromatic carbocycles. The number of phenols is 2. The summed E-state index contributed by atoms with van der Waals surface area (Å²) in [5.41, 5.74) is -6.38. The second-order valence-corrected chi connectivity index (χ2v) is 2.01. The summed E-state index contributed by atoms with van der Waals surface area (Å²) in [7, 11) is 0. The maximum absolute atomic E-state index is 10.5. The Morgan fingerprint density at radius 3 is 0.938 bits per heavy atom. The van der Waals surface area contributed by atoms with E-state index in [1.807, 2.05) is 0 Å². The van der Waals surface area contributed by atoms with Gasteiger partial charge in [-0.3, -0.25) is 19.2 Å². The molecule has 0 amide bonds. The van der Waals surface area contributed by atoms with E-state index in [2.05, 4.69) is 0 Å². The van der Waals surface area contributed by atoms with E-state index in [-0.39, 0.29) is 70.1 Å². The van der Waals surface area contributed by atoms with Crippen LogP contribution in [0.15, 0.2) is 19.2 Å². The summed E-state index contributed by atoms with van der Waals surface area (Å²) in [5.74, 6) is -2.74. The van der Waals surface area contributed by atoms with E-state index in [1.54, 1.807) is 0 Å². The number of hydrogen-bond acceptors (Lipinski definition) is 6. The Bertz CT molecular complexity index is 480. The maximum atomic E-state index is 10.5. The van der Waals surface area contributed by atoms with Crippen LogP contribution in [-0.4, -0.2) is 80.3 Å². The monoisotopic (exact) mass is 254 g/mol. The van der Waals surface area contributed by atoms with E-state index in [1.165, 1.54) is 0 Å². The molecule has 0 unspecified atom stereocenters. The Balaban J connectivity index is -0.000000180. The van der Waals surface area contributed by atoms with Gasteiger partial charge < -0.3 is 21.2 Å². The van der Waals surface area contributed by atoms with Gasteiger partial charge in [-0.05, 0) is 0 Å². The summed E-state index contributed by atoms with van der Waals surface area (Å²) in [6.07, 6.45) is 0. The zero-order valence-electron chi connectivity index (χ0n) is 6.53. The van der Waals surface area contributed by atoms with Gasteiger partial charge in [0.1, 0.15) is 0 Å². The Labute approximate surface area is 131 Å². The van der Waals surface area contributed by atoms with Crippen molar-refractivity contribution in [2.75, 3.05) is 0 Å². The van der Waals surface area contributed by atoms with Gasteiger partial charge in [0, 0.05) is 0 Å². The SMILES string of the molecule is O.O.O=c1c(O)c(O)c(=O)c(=O)c1=O.[NaH].[NaH]. The Kier molecular flexibility index (Phi) is 14.1. The number of phenolic OH excluding ortho intramolecular Hbond substituents is 2. The summed E-state index contributed by atoms with van der Waals surface area (Å²) >= 11 is 0. The first-order chi connectivity index (χ1) is 5.46. The van der Waals surface area contributed by atoms with E-state index in [0.29, 0.717) is 0 Å². The van der Waals surface area contributed by atoms with Crippen molar-refractivity contribution < 1.29 is 21.2 Å². The van der Waals surface area contributed by atoms with Crippen LogP contribution in [0.2, 0.25) is 0 Å². The molecule has 1 rings (SSSR count). The molecule has 0 spiro atoms. The van der Waals surface area contributed by atoms with Gasteiger partial charge in [0.25, 0.3) is 21.7 Å². The molecule has 0 fully saturated rings. The molecule has 6 N–H and O–H groups in total. The molecule has 0 saturated carbocycles. The summed E-state index contributed by atoms with van der Waals surface area (Å²) in [6.45, 7) is 0. The molecule has 0 bridgehead atoms. The van der Waals surface area contributed by atoms with Crippen molar-refractivity contribution in [3.05, 3.63) is 40.9 Å². The molecule has 0 aromatic heterocycles. The third-order valence-electron chi connectivity index (χ3n) is 1.27. The van der Waals surface area contributed by atoms with Crippen LogP contribution in [-0.2, 0) is 0 Å². The third kappa shape index (κ3) is 4.07. The van der Waals surface area contributed by atoms with Crippen LogP contribution in [0.1, 0.15) is 0 Å². The standard InChI is InChI=1S/C6H2O6.2Na.2H2O.2H/c7-1-2(8)4(10)6(12)5(11)3(1)9;;;;;;/h7-8H;;;2*1H2;;. The summed E-state index contributed by atoms with van der Waals surface area (Å²) in [6, 6.07) is 0. The van der Waals surface area contributed by atoms with Crippen LogP contribution in [0.5, 0.6) is 11.5 Å². The molecule has 16 heavy (non-hydrogen) atoms. The molecule has 0 saturated heterocycles. The molecular formula is C6H8Na2O8. The van der Waals surface area contributed by atoms with Crippen LogP contribution in [0, 0.1) is 0 Å². The number of rotatable bonds is 0. The zero-order valence-corrected chi connectivity index (χ0v) is 6.53. The Hall–Kier alpha value is -0.0600. The fourth-order valence-electron chi connectivity index (χ4n) is 0.636. The summed E-state index contributed by atoms with van der Waals surface area (Å²) in [5, 5.41) is 17.2. The van der Waals surface area contributed by atoms with Crippen molar-refractivity contribution in [3.8, 4) is 11.5 Å². The van der Waals surface area contributed by atoms with Crippen LogP contribution in [0.25, 0.3) is 0 Å². The normalized spacial score (nSPS) is 7.50. The van der Waals surface area contributed by atoms with Gasteiger partial charge in [-0.1, -0.05) is 0 Å². The van der Waals surface area contributed by atoms with Gasteiger partial charge in [0.05, 0.1) is 0 Å². The van der Waals surface area contributed by atoms with E-state index < -0.39 is 33.2 Å². The Morgan fingerprint density at radius 1 is 0.562 bits per heavy atom. The zero-order chi connectivity index (χ0) is 9.46. The van der Waals surface area contributed by atoms with Crippen LogP contribution < -0.4 is 21.7 Å². The van der Waals surface area contributed by atoms with Crippen molar-refractivity contribution in [1.29, 1.82) is 0 Å². The predicted molar refractivity (Wildman–Crippen MR) is 58.7 cm³/mol. The molecule has 82 valence electrons. The first-order valence-corrected chi connectivity index (χ1v) is 2.76. The average Bonchev–Trinajstić information content (AvgIpc) is 2.08. The fraction of sp³-hybridized carbons (Fsp3) is 0. The Morgan fingerprint density at radius 2 is 0.750 bits per heavy atom. The molecule has 10 heteroatoms. The van der Waals surface area contributed by atoms with E-state index >= 15 is 0 Å². The predicted octanol–water partition coefficient (Wildman–Crippen LogP) is -5.53. The fourth-order valence-corrected chi connectivity index (χ4v) is 0.636. The molecule has 0 atom stereocenters. The quantitative estimate of drug-likeness (QED) is 0.265. The van der Waals surface area contributed by atoms with Crippen molar-refractivity contribution in [2.45, 2.75) is 0 Å². The van der Waals surface area contributed by atoms with Gasteiger partial charge in [-0.2, -0.15) is 0 Å². The molecule has 0 aliphatic carbocycles. The van der Waals surface area contributed by atoms with Crippen LogP contribution in [0.4, 0.5) is 0 Å². The van der Waals surface area contributed by atoms with Crippen molar-refractivity contribution >= 4 is 59.1 Å². The van der Waals surface area contributed by atoms with Crippen molar-refractivity contribution in [2.24, 2.45) is 0 Å². The van der Waals surface area contributed by atoms with E-state index in [4.69, 9.17) is 10.2 Å². The number of aromatic hydroxyl groups is 2. The number of hydrogen-bond donors (Lipinski definition) is 2. The van der Waals surface area contributed by atoms with Crippen molar-refractivity contribution in [3.63, 3.8) is 0 Å². The molecule has 1 aromatic rings. The van der Waals surface area contributed by atoms with Gasteiger partial charge in [0.2, 0.25) is 11.5 Å². The summed E-state index contributed by atoms with van der Waals surface area (Å²) in [4.78, 5) is 41.9. The van der Waals surface area contributed by atoms with Crippen molar-refractivity contribution in [1.82, 2.24) is 0 Å². The molecular weight excluding hydrogens is 246 g/mol. The van der Waals surface area contributed by atoms with Crippen LogP contribution in [0.3, 0.4) is 0 Å². The summed E-state index contributed by atoms with van der Waals surface area (Å²) < 4.78 is 0. The minimum atomic E-state index is -1.63. The van der Waals surface area contributed by atoms with Crippen LogP contribution >= 0.6 is 0 Å². The average molecular weight is 254 g/mol.